The SMILES string of the molecule is CNCC(CC(C)C)NC(=O)N1CCCC(C(O)(CCCCOC)c2ccccc2Oc2ccccc2F)C1. The zero-order chi connectivity index (χ0) is 28.3. The van der Waals surface area contributed by atoms with Crippen molar-refractivity contribution in [3.05, 3.63) is 59.9 Å². The number of likely N-dealkylation sites (N-methyl/N-ethyl adjacent to an activating group) is 1. The summed E-state index contributed by atoms with van der Waals surface area (Å²) in [6, 6.07) is 13.5. The van der Waals surface area contributed by atoms with Crippen LogP contribution >= 0.6 is 0 Å². The number of para-hydroxylation sites is 2. The van der Waals surface area contributed by atoms with Crippen molar-refractivity contribution >= 4 is 6.03 Å². The zero-order valence-electron chi connectivity index (χ0n) is 23.9. The number of carbonyl (C=O) groups is 1. The topological polar surface area (TPSA) is 83.1 Å². The van der Waals surface area contributed by atoms with Gasteiger partial charge >= 0.3 is 6.03 Å². The molecule has 3 atom stereocenters. The summed E-state index contributed by atoms with van der Waals surface area (Å²) < 4.78 is 25.7. The van der Waals surface area contributed by atoms with Gasteiger partial charge in [0.2, 0.25) is 0 Å². The molecule has 216 valence electrons. The number of likely N-dealkylation sites (tertiary alicyclic amines) is 1. The Morgan fingerprint density at radius 2 is 1.87 bits per heavy atom. The minimum atomic E-state index is -1.27. The Kier molecular flexibility index (Phi) is 12.0. The third kappa shape index (κ3) is 8.65. The van der Waals surface area contributed by atoms with E-state index in [9.17, 15) is 14.3 Å². The Bertz CT molecular complexity index is 1040. The number of unbranched alkanes of at least 4 members (excludes halogenated alkanes) is 1. The first-order valence-electron chi connectivity index (χ1n) is 14.2. The molecule has 0 bridgehead atoms. The first-order chi connectivity index (χ1) is 18.8. The molecule has 3 rings (SSSR count). The van der Waals surface area contributed by atoms with Gasteiger partial charge < -0.3 is 30.1 Å². The molecule has 2 aromatic rings. The molecule has 39 heavy (non-hydrogen) atoms. The van der Waals surface area contributed by atoms with E-state index in [-0.39, 0.29) is 23.7 Å². The Labute approximate surface area is 233 Å². The molecular weight excluding hydrogens is 497 g/mol. The first kappa shape index (κ1) is 30.9. The number of urea groups is 1. The van der Waals surface area contributed by atoms with Gasteiger partial charge in [0.05, 0.1) is 5.60 Å². The molecule has 1 fully saturated rings. The summed E-state index contributed by atoms with van der Waals surface area (Å²) in [4.78, 5) is 15.2. The molecule has 0 aliphatic carbocycles. The van der Waals surface area contributed by atoms with Gasteiger partial charge in [0, 0.05) is 50.9 Å². The number of piperidine rings is 1. The monoisotopic (exact) mass is 543 g/mol. The smallest absolute Gasteiger partial charge is 0.317 e. The number of hydrogen-bond acceptors (Lipinski definition) is 5. The Balaban J connectivity index is 1.87. The maximum atomic E-state index is 14.5. The standard InChI is InChI=1S/C31H46FN3O4/c1-23(2)20-25(21-33-3)34-30(36)35-18-11-12-24(22-35)31(37,17-9-10-19-38-4)26-13-5-7-15-28(26)39-29-16-8-6-14-27(29)32/h5-8,13-16,23-25,33,37H,9-12,17-22H2,1-4H3,(H,34,36). The lowest BCUT2D eigenvalue weighted by Crippen LogP contribution is -2.54. The van der Waals surface area contributed by atoms with Crippen LogP contribution in [0, 0.1) is 17.7 Å². The molecule has 1 aliphatic heterocycles. The molecule has 3 N–H and O–H groups in total. The Morgan fingerprint density at radius 3 is 2.56 bits per heavy atom. The summed E-state index contributed by atoms with van der Waals surface area (Å²) in [5.41, 5.74) is -0.651. The molecular formula is C31H46FN3O4. The molecule has 8 heteroatoms. The number of hydrogen-bond donors (Lipinski definition) is 3. The highest BCUT2D eigenvalue weighted by Crippen LogP contribution is 2.44. The fraction of sp³-hybridized carbons (Fsp3) is 0.581. The van der Waals surface area contributed by atoms with Crippen LogP contribution in [0.5, 0.6) is 11.5 Å². The minimum absolute atomic E-state index is 0.0331. The average Bonchev–Trinajstić information content (AvgIpc) is 2.92. The Hall–Kier alpha value is -2.68. The van der Waals surface area contributed by atoms with Gasteiger partial charge in [-0.3, -0.25) is 0 Å². The number of aliphatic hydroxyl groups is 1. The van der Waals surface area contributed by atoms with Crippen molar-refractivity contribution in [3.63, 3.8) is 0 Å². The largest absolute Gasteiger partial charge is 0.454 e. The number of halogens is 1. The third-order valence-electron chi connectivity index (χ3n) is 7.48. The molecule has 0 saturated carbocycles. The van der Waals surface area contributed by atoms with Crippen molar-refractivity contribution in [2.45, 2.75) is 64.0 Å². The second kappa shape index (κ2) is 15.2. The van der Waals surface area contributed by atoms with Crippen LogP contribution in [0.1, 0.15) is 57.9 Å². The van der Waals surface area contributed by atoms with Crippen molar-refractivity contribution in [3.8, 4) is 11.5 Å². The molecule has 1 heterocycles. The summed E-state index contributed by atoms with van der Waals surface area (Å²) in [6.07, 6.45) is 4.45. The van der Waals surface area contributed by atoms with E-state index in [1.807, 2.05) is 30.1 Å². The van der Waals surface area contributed by atoms with E-state index in [1.54, 1.807) is 31.4 Å². The fourth-order valence-corrected chi connectivity index (χ4v) is 5.58. The molecule has 0 aromatic heterocycles. The highest BCUT2D eigenvalue weighted by atomic mass is 19.1. The summed E-state index contributed by atoms with van der Waals surface area (Å²) in [6.45, 7) is 6.67. The average molecular weight is 544 g/mol. The van der Waals surface area contributed by atoms with Gasteiger partial charge in [0.25, 0.3) is 0 Å². The second-order valence-electron chi connectivity index (χ2n) is 11.0. The van der Waals surface area contributed by atoms with E-state index in [0.717, 1.165) is 32.1 Å². The normalized spacial score (nSPS) is 18.0. The molecule has 2 aromatic carbocycles. The molecule has 0 spiro atoms. The fourth-order valence-electron chi connectivity index (χ4n) is 5.58. The van der Waals surface area contributed by atoms with Gasteiger partial charge in [0.15, 0.2) is 11.6 Å². The molecule has 7 nitrogen and oxygen atoms in total. The van der Waals surface area contributed by atoms with Crippen LogP contribution < -0.4 is 15.4 Å². The number of benzene rings is 2. The van der Waals surface area contributed by atoms with Crippen LogP contribution in [0.25, 0.3) is 0 Å². The number of rotatable bonds is 14. The lowest BCUT2D eigenvalue weighted by molar-refractivity contribution is -0.0575. The molecule has 1 saturated heterocycles. The van der Waals surface area contributed by atoms with Crippen molar-refractivity contribution in [1.82, 2.24) is 15.5 Å². The summed E-state index contributed by atoms with van der Waals surface area (Å²) >= 11 is 0. The highest BCUT2D eigenvalue weighted by Gasteiger charge is 2.43. The number of amides is 2. The summed E-state index contributed by atoms with van der Waals surface area (Å²) in [5, 5.41) is 18.8. The van der Waals surface area contributed by atoms with Crippen molar-refractivity contribution < 1.29 is 23.8 Å². The van der Waals surface area contributed by atoms with E-state index in [4.69, 9.17) is 9.47 Å². The predicted molar refractivity (Wildman–Crippen MR) is 153 cm³/mol. The zero-order valence-corrected chi connectivity index (χ0v) is 23.9. The maximum absolute atomic E-state index is 14.5. The molecule has 3 unspecified atom stereocenters. The van der Waals surface area contributed by atoms with E-state index in [2.05, 4.69) is 24.5 Å². The van der Waals surface area contributed by atoms with Crippen LogP contribution in [0.15, 0.2) is 48.5 Å². The van der Waals surface area contributed by atoms with Gasteiger partial charge in [-0.15, -0.1) is 0 Å². The lowest BCUT2D eigenvalue weighted by atomic mass is 9.73. The quantitative estimate of drug-likeness (QED) is 0.267. The van der Waals surface area contributed by atoms with E-state index < -0.39 is 11.4 Å². The number of carbonyl (C=O) groups excluding carboxylic acids is 1. The third-order valence-corrected chi connectivity index (χ3v) is 7.48. The molecule has 1 aliphatic rings. The van der Waals surface area contributed by atoms with E-state index >= 15 is 0 Å². The van der Waals surface area contributed by atoms with Gasteiger partial charge in [0.1, 0.15) is 5.75 Å². The van der Waals surface area contributed by atoms with Crippen LogP contribution in [0.2, 0.25) is 0 Å². The predicted octanol–water partition coefficient (Wildman–Crippen LogP) is 5.68. The highest BCUT2D eigenvalue weighted by molar-refractivity contribution is 5.74. The van der Waals surface area contributed by atoms with Crippen LogP contribution in [0.3, 0.4) is 0 Å². The van der Waals surface area contributed by atoms with Crippen LogP contribution in [0.4, 0.5) is 9.18 Å². The lowest BCUT2D eigenvalue weighted by Gasteiger charge is -2.43. The van der Waals surface area contributed by atoms with Crippen molar-refractivity contribution in [1.29, 1.82) is 0 Å². The molecule has 0 radical (unpaired) electrons. The van der Waals surface area contributed by atoms with Gasteiger partial charge in [-0.25, -0.2) is 9.18 Å². The maximum Gasteiger partial charge on any atom is 0.317 e. The summed E-state index contributed by atoms with van der Waals surface area (Å²) in [5.74, 6) is 0.314. The van der Waals surface area contributed by atoms with Crippen molar-refractivity contribution in [2.75, 3.05) is 40.4 Å². The van der Waals surface area contributed by atoms with Gasteiger partial charge in [-0.05, 0) is 69.7 Å². The van der Waals surface area contributed by atoms with Crippen LogP contribution in [-0.2, 0) is 10.3 Å². The number of ether oxygens (including phenoxy) is 2. The Morgan fingerprint density at radius 1 is 1.15 bits per heavy atom. The number of nitrogens with one attached hydrogen (secondary N) is 2. The number of methoxy groups -OCH3 is 1. The number of nitrogens with zero attached hydrogens (tertiary/aromatic N) is 1. The minimum Gasteiger partial charge on any atom is -0.454 e. The van der Waals surface area contributed by atoms with Crippen LogP contribution in [-0.4, -0.2) is 62.5 Å². The molecule has 2 amide bonds. The van der Waals surface area contributed by atoms with Gasteiger partial charge in [-0.2, -0.15) is 0 Å². The van der Waals surface area contributed by atoms with E-state index in [0.29, 0.717) is 49.9 Å². The second-order valence-corrected chi connectivity index (χ2v) is 11.0. The first-order valence-corrected chi connectivity index (χ1v) is 14.2. The van der Waals surface area contributed by atoms with Gasteiger partial charge in [-0.1, -0.05) is 44.2 Å². The summed E-state index contributed by atoms with van der Waals surface area (Å²) in [7, 11) is 3.56. The van der Waals surface area contributed by atoms with Crippen molar-refractivity contribution in [2.24, 2.45) is 11.8 Å². The van der Waals surface area contributed by atoms with E-state index in [1.165, 1.54) is 6.07 Å².